The molecule has 0 saturated carbocycles. The maximum atomic E-state index is 13.1. The van der Waals surface area contributed by atoms with Gasteiger partial charge in [0.05, 0.1) is 12.0 Å². The van der Waals surface area contributed by atoms with Gasteiger partial charge in [-0.1, -0.05) is 30.3 Å². The Morgan fingerprint density at radius 2 is 2.00 bits per heavy atom. The molecule has 2 aliphatic heterocycles. The second-order valence-electron chi connectivity index (χ2n) is 6.59. The minimum atomic E-state index is -0.0886. The van der Waals surface area contributed by atoms with Gasteiger partial charge in [-0.05, 0) is 32.4 Å². The summed E-state index contributed by atoms with van der Waals surface area (Å²) in [5.41, 5.74) is 1.13. The Balaban J connectivity index is 1.77. The average molecular weight is 302 g/mol. The highest BCUT2D eigenvalue weighted by atomic mass is 16.5. The molecule has 1 aromatic carbocycles. The molecule has 0 aliphatic carbocycles. The molecule has 3 atom stereocenters. The van der Waals surface area contributed by atoms with Crippen LogP contribution in [-0.2, 0) is 9.53 Å². The highest BCUT2D eigenvalue weighted by molar-refractivity contribution is 5.80. The number of nitrogens with zero attached hydrogens (tertiary/aromatic N) is 2. The highest BCUT2D eigenvalue weighted by Gasteiger charge is 2.38. The van der Waals surface area contributed by atoms with Crippen LogP contribution in [0.1, 0.15) is 31.4 Å². The van der Waals surface area contributed by atoms with Crippen LogP contribution in [0.2, 0.25) is 0 Å². The van der Waals surface area contributed by atoms with Gasteiger partial charge in [0.25, 0.3) is 0 Å². The van der Waals surface area contributed by atoms with Gasteiger partial charge in [-0.15, -0.1) is 0 Å². The fraction of sp³-hybridized carbons (Fsp3) is 0.611. The third kappa shape index (κ3) is 3.18. The zero-order valence-electron chi connectivity index (χ0n) is 13.6. The van der Waals surface area contributed by atoms with E-state index in [1.807, 2.05) is 18.2 Å². The molecule has 2 heterocycles. The molecule has 0 N–H and O–H groups in total. The maximum absolute atomic E-state index is 13.1. The van der Waals surface area contributed by atoms with E-state index in [1.165, 1.54) is 0 Å². The molecule has 4 heteroatoms. The molecule has 22 heavy (non-hydrogen) atoms. The summed E-state index contributed by atoms with van der Waals surface area (Å²) in [5, 5.41) is 0. The molecular formula is C18H26N2O2. The molecule has 2 aliphatic rings. The highest BCUT2D eigenvalue weighted by Crippen LogP contribution is 2.35. The summed E-state index contributed by atoms with van der Waals surface area (Å²) in [7, 11) is 2.12. The second kappa shape index (κ2) is 6.80. The van der Waals surface area contributed by atoms with Crippen LogP contribution in [0, 0.1) is 5.92 Å². The van der Waals surface area contributed by atoms with Crippen LogP contribution in [0.4, 0.5) is 0 Å². The van der Waals surface area contributed by atoms with Crippen molar-refractivity contribution in [1.29, 1.82) is 0 Å². The van der Waals surface area contributed by atoms with E-state index < -0.39 is 0 Å². The summed E-state index contributed by atoms with van der Waals surface area (Å²) in [6.45, 7) is 5.64. The minimum Gasteiger partial charge on any atom is -0.373 e. The van der Waals surface area contributed by atoms with E-state index in [4.69, 9.17) is 4.74 Å². The van der Waals surface area contributed by atoms with Gasteiger partial charge in [0.2, 0.25) is 5.91 Å². The quantitative estimate of drug-likeness (QED) is 0.840. The molecule has 2 saturated heterocycles. The fourth-order valence-corrected chi connectivity index (χ4v) is 3.69. The van der Waals surface area contributed by atoms with Gasteiger partial charge in [-0.25, -0.2) is 0 Å². The molecule has 1 aromatic rings. The van der Waals surface area contributed by atoms with Crippen LogP contribution < -0.4 is 0 Å². The third-order valence-corrected chi connectivity index (χ3v) is 4.88. The topological polar surface area (TPSA) is 32.8 Å². The molecule has 0 aromatic heterocycles. The Labute approximate surface area is 133 Å². The Morgan fingerprint density at radius 1 is 1.23 bits per heavy atom. The van der Waals surface area contributed by atoms with Crippen molar-refractivity contribution >= 4 is 5.91 Å². The van der Waals surface area contributed by atoms with E-state index in [1.54, 1.807) is 0 Å². The Bertz CT molecular complexity index is 505. The number of carbonyl (C=O) groups excluding carboxylic acids is 1. The van der Waals surface area contributed by atoms with E-state index in [-0.39, 0.29) is 24.0 Å². The first-order valence-corrected chi connectivity index (χ1v) is 8.32. The largest absolute Gasteiger partial charge is 0.373 e. The van der Waals surface area contributed by atoms with Crippen molar-refractivity contribution in [3.8, 4) is 0 Å². The number of amides is 1. The summed E-state index contributed by atoms with van der Waals surface area (Å²) >= 11 is 0. The number of piperazine rings is 1. The summed E-state index contributed by atoms with van der Waals surface area (Å²) in [6, 6.07) is 10.5. The minimum absolute atomic E-state index is 0.0398. The second-order valence-corrected chi connectivity index (χ2v) is 6.59. The molecule has 3 unspecified atom stereocenters. The van der Waals surface area contributed by atoms with E-state index in [2.05, 4.69) is 35.9 Å². The SMILES string of the molecule is CC1CN(C)CCN1C(=O)C1CCCOC1c1ccccc1. The van der Waals surface area contributed by atoms with E-state index in [0.29, 0.717) is 0 Å². The van der Waals surface area contributed by atoms with Crippen molar-refractivity contribution in [2.24, 2.45) is 5.92 Å². The predicted octanol–water partition coefficient (Wildman–Crippen LogP) is 2.32. The lowest BCUT2D eigenvalue weighted by atomic mass is 9.87. The molecule has 0 radical (unpaired) electrons. The predicted molar refractivity (Wildman–Crippen MR) is 86.5 cm³/mol. The van der Waals surface area contributed by atoms with Gasteiger partial charge in [0.15, 0.2) is 0 Å². The van der Waals surface area contributed by atoms with Gasteiger partial charge >= 0.3 is 0 Å². The first-order chi connectivity index (χ1) is 10.7. The van der Waals surface area contributed by atoms with Crippen molar-refractivity contribution in [2.75, 3.05) is 33.3 Å². The van der Waals surface area contributed by atoms with Gasteiger partial charge in [0, 0.05) is 32.3 Å². The van der Waals surface area contributed by atoms with Crippen LogP contribution in [0.3, 0.4) is 0 Å². The Kier molecular flexibility index (Phi) is 4.79. The zero-order valence-corrected chi connectivity index (χ0v) is 13.6. The zero-order chi connectivity index (χ0) is 15.5. The van der Waals surface area contributed by atoms with Crippen LogP contribution in [0.15, 0.2) is 30.3 Å². The van der Waals surface area contributed by atoms with Crippen molar-refractivity contribution in [3.63, 3.8) is 0 Å². The number of likely N-dealkylation sites (N-methyl/N-ethyl adjacent to an activating group) is 1. The summed E-state index contributed by atoms with van der Waals surface area (Å²) in [6.07, 6.45) is 1.81. The first kappa shape index (κ1) is 15.5. The molecule has 3 rings (SSSR count). The Hall–Kier alpha value is -1.39. The summed E-state index contributed by atoms with van der Waals surface area (Å²) in [4.78, 5) is 17.4. The normalized spacial score (nSPS) is 30.3. The molecule has 1 amide bonds. The number of benzene rings is 1. The molecule has 2 fully saturated rings. The lowest BCUT2D eigenvalue weighted by Crippen LogP contribution is -2.55. The molecule has 0 spiro atoms. The number of hydrogen-bond acceptors (Lipinski definition) is 3. The van der Waals surface area contributed by atoms with E-state index in [0.717, 1.165) is 44.6 Å². The van der Waals surface area contributed by atoms with Gasteiger partial charge in [-0.3, -0.25) is 4.79 Å². The smallest absolute Gasteiger partial charge is 0.228 e. The van der Waals surface area contributed by atoms with Gasteiger partial charge < -0.3 is 14.5 Å². The van der Waals surface area contributed by atoms with E-state index in [9.17, 15) is 4.79 Å². The molecule has 4 nitrogen and oxygen atoms in total. The number of carbonyl (C=O) groups is 1. The number of ether oxygens (including phenoxy) is 1. The van der Waals surface area contributed by atoms with Crippen LogP contribution >= 0.6 is 0 Å². The number of hydrogen-bond donors (Lipinski definition) is 0. The van der Waals surface area contributed by atoms with Crippen molar-refractivity contribution in [3.05, 3.63) is 35.9 Å². The van der Waals surface area contributed by atoms with Crippen molar-refractivity contribution < 1.29 is 9.53 Å². The lowest BCUT2D eigenvalue weighted by Gasteiger charge is -2.42. The molecule has 120 valence electrons. The number of rotatable bonds is 2. The monoisotopic (exact) mass is 302 g/mol. The average Bonchev–Trinajstić information content (AvgIpc) is 2.55. The van der Waals surface area contributed by atoms with Crippen LogP contribution in [0.5, 0.6) is 0 Å². The maximum Gasteiger partial charge on any atom is 0.228 e. The van der Waals surface area contributed by atoms with Crippen LogP contribution in [0.25, 0.3) is 0 Å². The lowest BCUT2D eigenvalue weighted by molar-refractivity contribution is -0.149. The van der Waals surface area contributed by atoms with E-state index >= 15 is 0 Å². The molecule has 0 bridgehead atoms. The fourth-order valence-electron chi connectivity index (χ4n) is 3.69. The summed E-state index contributed by atoms with van der Waals surface area (Å²) in [5.74, 6) is 0.233. The van der Waals surface area contributed by atoms with Crippen molar-refractivity contribution in [1.82, 2.24) is 9.80 Å². The van der Waals surface area contributed by atoms with Gasteiger partial charge in [0.1, 0.15) is 0 Å². The first-order valence-electron chi connectivity index (χ1n) is 8.32. The van der Waals surface area contributed by atoms with Gasteiger partial charge in [-0.2, -0.15) is 0 Å². The Morgan fingerprint density at radius 3 is 2.73 bits per heavy atom. The third-order valence-electron chi connectivity index (χ3n) is 4.88. The summed E-state index contributed by atoms with van der Waals surface area (Å²) < 4.78 is 5.99. The standard InChI is InChI=1S/C18H26N2O2/c1-14-13-19(2)10-11-20(14)18(21)16-9-6-12-22-17(16)15-7-4-3-5-8-15/h3-5,7-8,14,16-17H,6,9-13H2,1-2H3. The molecular weight excluding hydrogens is 276 g/mol. The van der Waals surface area contributed by atoms with Crippen molar-refractivity contribution in [2.45, 2.75) is 31.9 Å². The van der Waals surface area contributed by atoms with Crippen LogP contribution in [-0.4, -0.2) is 55.0 Å².